The summed E-state index contributed by atoms with van der Waals surface area (Å²) in [6.07, 6.45) is 6.44. The van der Waals surface area contributed by atoms with Crippen LogP contribution < -0.4 is 5.32 Å². The summed E-state index contributed by atoms with van der Waals surface area (Å²) in [4.78, 5) is 8.08. The Kier molecular flexibility index (Phi) is 2.96. The molecule has 1 N–H and O–H groups in total. The minimum atomic E-state index is -0.339. The zero-order chi connectivity index (χ0) is 11.5. The minimum absolute atomic E-state index is 0.135. The third-order valence-electron chi connectivity index (χ3n) is 2.37. The fraction of sp³-hybridized carbons (Fsp3) is 0.273. The van der Waals surface area contributed by atoms with Crippen LogP contribution >= 0.6 is 0 Å². The molecule has 0 fully saturated rings. The zero-order valence-electron chi connectivity index (χ0n) is 9.18. The summed E-state index contributed by atoms with van der Waals surface area (Å²) in [5.41, 5.74) is 1.61. The summed E-state index contributed by atoms with van der Waals surface area (Å²) < 4.78 is 14.9. The Bertz CT molecular complexity index is 480. The number of pyridine rings is 1. The van der Waals surface area contributed by atoms with Gasteiger partial charge in [0.05, 0.1) is 24.3 Å². The average molecular weight is 220 g/mol. The maximum atomic E-state index is 13.1. The van der Waals surface area contributed by atoms with Gasteiger partial charge in [-0.2, -0.15) is 0 Å². The Morgan fingerprint density at radius 2 is 2.25 bits per heavy atom. The summed E-state index contributed by atoms with van der Waals surface area (Å²) in [6, 6.07) is 1.33. The molecule has 0 saturated heterocycles. The van der Waals surface area contributed by atoms with Gasteiger partial charge in [-0.05, 0) is 18.7 Å². The molecule has 2 aromatic rings. The van der Waals surface area contributed by atoms with Crippen molar-refractivity contribution in [2.75, 3.05) is 7.05 Å². The van der Waals surface area contributed by atoms with Crippen LogP contribution in [0, 0.1) is 5.82 Å². The molecule has 0 amide bonds. The molecule has 2 aromatic heterocycles. The van der Waals surface area contributed by atoms with E-state index in [0.717, 1.165) is 11.3 Å². The van der Waals surface area contributed by atoms with Gasteiger partial charge in [0.1, 0.15) is 5.82 Å². The normalized spacial score (nSPS) is 12.7. The zero-order valence-corrected chi connectivity index (χ0v) is 9.18. The lowest BCUT2D eigenvalue weighted by Gasteiger charge is -2.13. The highest BCUT2D eigenvalue weighted by atomic mass is 19.1. The predicted molar refractivity (Wildman–Crippen MR) is 58.3 cm³/mol. The van der Waals surface area contributed by atoms with E-state index in [1.54, 1.807) is 12.5 Å². The topological polar surface area (TPSA) is 42.7 Å². The third-order valence-corrected chi connectivity index (χ3v) is 2.37. The number of imidazole rings is 1. The SMILES string of the molecule is CNC(c1cncc(F)c1)c1cn(C)cn1. The van der Waals surface area contributed by atoms with Crippen LogP contribution in [-0.2, 0) is 7.05 Å². The molecule has 1 unspecified atom stereocenters. The van der Waals surface area contributed by atoms with Gasteiger partial charge in [0.25, 0.3) is 0 Å². The minimum Gasteiger partial charge on any atom is -0.340 e. The van der Waals surface area contributed by atoms with Crippen LogP contribution in [0.15, 0.2) is 31.0 Å². The lowest BCUT2D eigenvalue weighted by atomic mass is 10.1. The van der Waals surface area contributed by atoms with Gasteiger partial charge in [0, 0.05) is 19.4 Å². The number of hydrogen-bond donors (Lipinski definition) is 1. The van der Waals surface area contributed by atoms with E-state index in [1.165, 1.54) is 12.3 Å². The highest BCUT2D eigenvalue weighted by Crippen LogP contribution is 2.19. The summed E-state index contributed by atoms with van der Waals surface area (Å²) in [5, 5.41) is 3.09. The van der Waals surface area contributed by atoms with Crippen molar-refractivity contribution >= 4 is 0 Å². The Labute approximate surface area is 93.2 Å². The first-order valence-corrected chi connectivity index (χ1v) is 4.96. The van der Waals surface area contributed by atoms with Gasteiger partial charge in [-0.15, -0.1) is 0 Å². The molecule has 0 saturated carbocycles. The molecule has 84 valence electrons. The van der Waals surface area contributed by atoms with E-state index < -0.39 is 0 Å². The van der Waals surface area contributed by atoms with Gasteiger partial charge < -0.3 is 9.88 Å². The maximum Gasteiger partial charge on any atom is 0.141 e. The van der Waals surface area contributed by atoms with Gasteiger partial charge in [-0.3, -0.25) is 4.98 Å². The summed E-state index contributed by atoms with van der Waals surface area (Å²) >= 11 is 0. The summed E-state index contributed by atoms with van der Waals surface area (Å²) in [6.45, 7) is 0. The molecule has 1 atom stereocenters. The molecule has 5 heteroatoms. The van der Waals surface area contributed by atoms with Gasteiger partial charge in [-0.1, -0.05) is 0 Å². The average Bonchev–Trinajstić information content (AvgIpc) is 2.66. The number of aryl methyl sites for hydroxylation is 1. The van der Waals surface area contributed by atoms with Crippen LogP contribution in [0.3, 0.4) is 0 Å². The molecule has 0 spiro atoms. The highest BCUT2D eigenvalue weighted by Gasteiger charge is 2.15. The van der Waals surface area contributed by atoms with Crippen LogP contribution in [-0.4, -0.2) is 21.6 Å². The Morgan fingerprint density at radius 1 is 1.44 bits per heavy atom. The van der Waals surface area contributed by atoms with Crippen LogP contribution in [0.4, 0.5) is 4.39 Å². The molecule has 2 rings (SSSR count). The van der Waals surface area contributed by atoms with Crippen molar-refractivity contribution in [1.29, 1.82) is 0 Å². The first kappa shape index (κ1) is 10.8. The van der Waals surface area contributed by atoms with E-state index in [9.17, 15) is 4.39 Å². The monoisotopic (exact) mass is 220 g/mol. The third kappa shape index (κ3) is 2.09. The van der Waals surface area contributed by atoms with Crippen molar-refractivity contribution in [3.05, 3.63) is 48.1 Å². The Morgan fingerprint density at radius 3 is 2.81 bits per heavy atom. The first-order chi connectivity index (χ1) is 7.70. The van der Waals surface area contributed by atoms with Gasteiger partial charge in [-0.25, -0.2) is 9.37 Å². The molecule has 0 aliphatic rings. The number of rotatable bonds is 3. The fourth-order valence-corrected chi connectivity index (χ4v) is 1.65. The molecular formula is C11H13FN4. The van der Waals surface area contributed by atoms with E-state index in [0.29, 0.717) is 0 Å². The van der Waals surface area contributed by atoms with E-state index in [-0.39, 0.29) is 11.9 Å². The maximum absolute atomic E-state index is 13.1. The van der Waals surface area contributed by atoms with Crippen molar-refractivity contribution in [1.82, 2.24) is 19.9 Å². The number of halogens is 1. The summed E-state index contributed by atoms with van der Waals surface area (Å²) in [7, 11) is 3.71. The van der Waals surface area contributed by atoms with Crippen molar-refractivity contribution in [3.8, 4) is 0 Å². The lowest BCUT2D eigenvalue weighted by molar-refractivity contribution is 0.606. The molecule has 16 heavy (non-hydrogen) atoms. The van der Waals surface area contributed by atoms with E-state index in [4.69, 9.17) is 0 Å². The smallest absolute Gasteiger partial charge is 0.141 e. The first-order valence-electron chi connectivity index (χ1n) is 4.96. The van der Waals surface area contributed by atoms with Gasteiger partial charge >= 0.3 is 0 Å². The van der Waals surface area contributed by atoms with Crippen molar-refractivity contribution in [2.45, 2.75) is 6.04 Å². The van der Waals surface area contributed by atoms with Gasteiger partial charge in [0.2, 0.25) is 0 Å². The largest absolute Gasteiger partial charge is 0.340 e. The molecule has 2 heterocycles. The molecule has 4 nitrogen and oxygen atoms in total. The lowest BCUT2D eigenvalue weighted by Crippen LogP contribution is -2.18. The summed E-state index contributed by atoms with van der Waals surface area (Å²) in [5.74, 6) is -0.339. The standard InChI is InChI=1S/C11H13FN4/c1-13-11(10-6-16(2)7-15-10)8-3-9(12)5-14-4-8/h3-7,11,13H,1-2H3. The van der Waals surface area contributed by atoms with E-state index in [2.05, 4.69) is 15.3 Å². The van der Waals surface area contributed by atoms with Crippen molar-refractivity contribution < 1.29 is 4.39 Å². The van der Waals surface area contributed by atoms with E-state index >= 15 is 0 Å². The molecule has 0 bridgehead atoms. The van der Waals surface area contributed by atoms with Crippen LogP contribution in [0.2, 0.25) is 0 Å². The predicted octanol–water partition coefficient (Wildman–Crippen LogP) is 1.26. The molecule has 0 aliphatic heterocycles. The fourth-order valence-electron chi connectivity index (χ4n) is 1.65. The number of aromatic nitrogens is 3. The Balaban J connectivity index is 2.36. The van der Waals surface area contributed by atoms with Crippen LogP contribution in [0.25, 0.3) is 0 Å². The number of nitrogens with one attached hydrogen (secondary N) is 1. The molecule has 0 aliphatic carbocycles. The second kappa shape index (κ2) is 4.40. The second-order valence-corrected chi connectivity index (χ2v) is 3.62. The van der Waals surface area contributed by atoms with E-state index in [1.807, 2.05) is 24.9 Å². The number of hydrogen-bond acceptors (Lipinski definition) is 3. The van der Waals surface area contributed by atoms with Crippen LogP contribution in [0.1, 0.15) is 17.3 Å². The number of nitrogens with zero attached hydrogens (tertiary/aromatic N) is 3. The molecule has 0 aromatic carbocycles. The molecular weight excluding hydrogens is 207 g/mol. The second-order valence-electron chi connectivity index (χ2n) is 3.62. The molecule has 0 radical (unpaired) electrons. The highest BCUT2D eigenvalue weighted by molar-refractivity contribution is 5.24. The van der Waals surface area contributed by atoms with Crippen molar-refractivity contribution in [2.24, 2.45) is 7.05 Å². The Hall–Kier alpha value is -1.75. The van der Waals surface area contributed by atoms with Gasteiger partial charge in [0.15, 0.2) is 0 Å². The van der Waals surface area contributed by atoms with Crippen LogP contribution in [0.5, 0.6) is 0 Å². The van der Waals surface area contributed by atoms with Crippen molar-refractivity contribution in [3.63, 3.8) is 0 Å². The quantitative estimate of drug-likeness (QED) is 0.846.